The largest absolute Gasteiger partial charge is 0.508 e. The van der Waals surface area contributed by atoms with Gasteiger partial charge in [-0.25, -0.2) is 0 Å². The fourth-order valence-corrected chi connectivity index (χ4v) is 2.56. The first-order valence-corrected chi connectivity index (χ1v) is 5.84. The van der Waals surface area contributed by atoms with E-state index in [0.717, 1.165) is 30.4 Å². The molecule has 0 radical (unpaired) electrons. The lowest BCUT2D eigenvalue weighted by atomic mass is 9.99. The number of rotatable bonds is 0. The molecule has 0 spiro atoms. The number of phenolic OH excluding ortho intramolecular Hbond substituents is 2. The summed E-state index contributed by atoms with van der Waals surface area (Å²) >= 11 is 0. The molecule has 0 atom stereocenters. The van der Waals surface area contributed by atoms with Crippen LogP contribution in [-0.4, -0.2) is 10.2 Å². The molecule has 0 saturated carbocycles. The van der Waals surface area contributed by atoms with Gasteiger partial charge in [0.15, 0.2) is 0 Å². The molecule has 1 aliphatic rings. The molecule has 0 bridgehead atoms. The standard InChI is InChI=1S/C15H14O2/c16-13-7-12-6-5-10-3-1-2-4-11(10)8-14(12)15(17)9-13/h1-4,7,9,16-17H,5-6,8H2. The minimum Gasteiger partial charge on any atom is -0.508 e. The van der Waals surface area contributed by atoms with Crippen LogP contribution >= 0.6 is 0 Å². The Labute approximate surface area is 100 Å². The van der Waals surface area contributed by atoms with Gasteiger partial charge in [-0.05, 0) is 35.6 Å². The number of hydrogen-bond donors (Lipinski definition) is 2. The molecule has 86 valence electrons. The lowest BCUT2D eigenvalue weighted by molar-refractivity contribution is 0.445. The van der Waals surface area contributed by atoms with E-state index in [0.29, 0.717) is 0 Å². The summed E-state index contributed by atoms with van der Waals surface area (Å²) in [5, 5.41) is 19.4. The van der Waals surface area contributed by atoms with Crippen LogP contribution in [0.5, 0.6) is 11.5 Å². The molecule has 2 aromatic rings. The third-order valence-corrected chi connectivity index (χ3v) is 3.45. The van der Waals surface area contributed by atoms with Gasteiger partial charge in [0.1, 0.15) is 11.5 Å². The highest BCUT2D eigenvalue weighted by atomic mass is 16.3. The van der Waals surface area contributed by atoms with Crippen molar-refractivity contribution in [2.24, 2.45) is 0 Å². The number of hydrogen-bond acceptors (Lipinski definition) is 2. The molecule has 2 aromatic carbocycles. The molecule has 0 aliphatic heterocycles. The number of aromatic hydroxyl groups is 2. The van der Waals surface area contributed by atoms with Crippen LogP contribution < -0.4 is 0 Å². The Hall–Kier alpha value is -1.96. The molecule has 2 heteroatoms. The van der Waals surface area contributed by atoms with E-state index in [-0.39, 0.29) is 11.5 Å². The topological polar surface area (TPSA) is 40.5 Å². The molecule has 3 rings (SSSR count). The van der Waals surface area contributed by atoms with E-state index in [4.69, 9.17) is 0 Å². The average Bonchev–Trinajstić information content (AvgIpc) is 2.49. The predicted octanol–water partition coefficient (Wildman–Crippen LogP) is 2.79. The Balaban J connectivity index is 2.14. The third-order valence-electron chi connectivity index (χ3n) is 3.45. The highest BCUT2D eigenvalue weighted by Crippen LogP contribution is 2.33. The lowest BCUT2D eigenvalue weighted by Gasteiger charge is -2.09. The second kappa shape index (κ2) is 3.81. The van der Waals surface area contributed by atoms with E-state index in [1.807, 2.05) is 12.1 Å². The van der Waals surface area contributed by atoms with Crippen LogP contribution in [0.25, 0.3) is 0 Å². The van der Waals surface area contributed by atoms with Crippen molar-refractivity contribution in [3.8, 4) is 11.5 Å². The van der Waals surface area contributed by atoms with Gasteiger partial charge >= 0.3 is 0 Å². The number of benzene rings is 2. The van der Waals surface area contributed by atoms with Crippen molar-refractivity contribution in [1.29, 1.82) is 0 Å². The van der Waals surface area contributed by atoms with Crippen LogP contribution in [0.2, 0.25) is 0 Å². The van der Waals surface area contributed by atoms with Crippen molar-refractivity contribution in [3.63, 3.8) is 0 Å². The highest BCUT2D eigenvalue weighted by molar-refractivity contribution is 5.50. The summed E-state index contributed by atoms with van der Waals surface area (Å²) in [6.07, 6.45) is 2.58. The van der Waals surface area contributed by atoms with Crippen molar-refractivity contribution >= 4 is 0 Å². The van der Waals surface area contributed by atoms with Gasteiger partial charge in [0, 0.05) is 18.1 Å². The molecule has 0 amide bonds. The van der Waals surface area contributed by atoms with Crippen molar-refractivity contribution in [3.05, 3.63) is 58.7 Å². The van der Waals surface area contributed by atoms with Gasteiger partial charge in [0.2, 0.25) is 0 Å². The molecule has 2 N–H and O–H groups in total. The van der Waals surface area contributed by atoms with Crippen LogP contribution in [0, 0.1) is 0 Å². The van der Waals surface area contributed by atoms with Gasteiger partial charge in [-0.15, -0.1) is 0 Å². The van der Waals surface area contributed by atoms with E-state index in [9.17, 15) is 10.2 Å². The van der Waals surface area contributed by atoms with Crippen molar-refractivity contribution < 1.29 is 10.2 Å². The third kappa shape index (κ3) is 1.76. The quantitative estimate of drug-likeness (QED) is 0.725. The summed E-state index contributed by atoms with van der Waals surface area (Å²) in [4.78, 5) is 0. The lowest BCUT2D eigenvalue weighted by Crippen LogP contribution is -1.93. The Morgan fingerprint density at radius 1 is 0.824 bits per heavy atom. The Morgan fingerprint density at radius 3 is 2.35 bits per heavy atom. The first kappa shape index (κ1) is 10.2. The summed E-state index contributed by atoms with van der Waals surface area (Å²) in [5.74, 6) is 0.351. The first-order chi connectivity index (χ1) is 8.24. The fraction of sp³-hybridized carbons (Fsp3) is 0.200. The molecular formula is C15H14O2. The van der Waals surface area contributed by atoms with Gasteiger partial charge in [-0.2, -0.15) is 0 Å². The molecule has 1 aliphatic carbocycles. The Kier molecular flexibility index (Phi) is 2.29. The first-order valence-electron chi connectivity index (χ1n) is 5.84. The zero-order valence-electron chi connectivity index (χ0n) is 9.48. The van der Waals surface area contributed by atoms with Gasteiger partial charge < -0.3 is 10.2 Å². The van der Waals surface area contributed by atoms with E-state index in [1.54, 1.807) is 6.07 Å². The summed E-state index contributed by atoms with van der Waals surface area (Å²) in [6, 6.07) is 11.5. The maximum absolute atomic E-state index is 9.93. The maximum atomic E-state index is 9.93. The number of aryl methyl sites for hydroxylation is 2. The minimum atomic E-state index is 0.146. The minimum absolute atomic E-state index is 0.146. The molecular weight excluding hydrogens is 212 g/mol. The highest BCUT2D eigenvalue weighted by Gasteiger charge is 2.16. The predicted molar refractivity (Wildman–Crippen MR) is 66.4 cm³/mol. The zero-order valence-corrected chi connectivity index (χ0v) is 9.48. The normalized spacial score (nSPS) is 13.6. The smallest absolute Gasteiger partial charge is 0.123 e. The second-order valence-corrected chi connectivity index (χ2v) is 4.55. The molecule has 2 nitrogen and oxygen atoms in total. The van der Waals surface area contributed by atoms with Crippen molar-refractivity contribution in [1.82, 2.24) is 0 Å². The summed E-state index contributed by atoms with van der Waals surface area (Å²) in [7, 11) is 0. The number of fused-ring (bicyclic) bond motifs is 2. The number of phenols is 2. The van der Waals surface area contributed by atoms with E-state index >= 15 is 0 Å². The Bertz CT molecular complexity index is 573. The van der Waals surface area contributed by atoms with Crippen LogP contribution in [0.1, 0.15) is 22.3 Å². The summed E-state index contributed by atoms with van der Waals surface area (Å²) < 4.78 is 0. The van der Waals surface area contributed by atoms with Crippen LogP contribution in [0.4, 0.5) is 0 Å². The maximum Gasteiger partial charge on any atom is 0.123 e. The second-order valence-electron chi connectivity index (χ2n) is 4.55. The SMILES string of the molecule is Oc1cc(O)c2c(c1)CCc1ccccc1C2. The van der Waals surface area contributed by atoms with Gasteiger partial charge in [0.25, 0.3) is 0 Å². The molecule has 0 heterocycles. The van der Waals surface area contributed by atoms with Crippen LogP contribution in [0.15, 0.2) is 36.4 Å². The van der Waals surface area contributed by atoms with Crippen molar-refractivity contribution in [2.45, 2.75) is 19.3 Å². The average molecular weight is 226 g/mol. The van der Waals surface area contributed by atoms with E-state index in [1.165, 1.54) is 17.2 Å². The molecule has 0 saturated heterocycles. The van der Waals surface area contributed by atoms with Gasteiger partial charge in [-0.1, -0.05) is 24.3 Å². The fourth-order valence-electron chi connectivity index (χ4n) is 2.56. The van der Waals surface area contributed by atoms with Crippen molar-refractivity contribution in [2.75, 3.05) is 0 Å². The molecule has 0 aromatic heterocycles. The summed E-state index contributed by atoms with van der Waals surface area (Å²) in [6.45, 7) is 0. The monoisotopic (exact) mass is 226 g/mol. The van der Waals surface area contributed by atoms with Gasteiger partial charge in [-0.3, -0.25) is 0 Å². The van der Waals surface area contributed by atoms with Gasteiger partial charge in [0.05, 0.1) is 0 Å². The van der Waals surface area contributed by atoms with Crippen LogP contribution in [0.3, 0.4) is 0 Å². The molecule has 0 fully saturated rings. The van der Waals surface area contributed by atoms with Crippen LogP contribution in [-0.2, 0) is 19.3 Å². The van der Waals surface area contributed by atoms with E-state index in [2.05, 4.69) is 12.1 Å². The Morgan fingerprint density at radius 2 is 1.53 bits per heavy atom. The summed E-state index contributed by atoms with van der Waals surface area (Å²) in [5.41, 5.74) is 4.61. The zero-order chi connectivity index (χ0) is 11.8. The van der Waals surface area contributed by atoms with E-state index < -0.39 is 0 Å². The molecule has 17 heavy (non-hydrogen) atoms. The molecule has 0 unspecified atom stereocenters.